The van der Waals surface area contributed by atoms with Gasteiger partial charge >= 0.3 is 0 Å². The molecule has 18 heavy (non-hydrogen) atoms. The molecule has 0 heterocycles. The molecule has 2 nitrogen and oxygen atoms in total. The van der Waals surface area contributed by atoms with E-state index >= 15 is 0 Å². The van der Waals surface area contributed by atoms with Crippen molar-refractivity contribution in [3.63, 3.8) is 0 Å². The van der Waals surface area contributed by atoms with Gasteiger partial charge in [0.25, 0.3) is 5.91 Å². The van der Waals surface area contributed by atoms with Crippen molar-refractivity contribution in [3.05, 3.63) is 34.3 Å². The molecule has 2 aliphatic rings. The van der Waals surface area contributed by atoms with Crippen LogP contribution < -0.4 is 5.32 Å². The molecule has 1 N–H and O–H groups in total. The Morgan fingerprint density at radius 2 is 2.22 bits per heavy atom. The van der Waals surface area contributed by atoms with Gasteiger partial charge in [-0.05, 0) is 55.2 Å². The average Bonchev–Trinajstić information content (AvgIpc) is 2.98. The van der Waals surface area contributed by atoms with E-state index in [9.17, 15) is 4.79 Å². The van der Waals surface area contributed by atoms with Gasteiger partial charge in [-0.1, -0.05) is 28.4 Å². The van der Waals surface area contributed by atoms with Crippen molar-refractivity contribution >= 4 is 21.8 Å². The number of halogens is 1. The molecule has 0 saturated heterocycles. The Hall–Kier alpha value is -0.830. The lowest BCUT2D eigenvalue weighted by molar-refractivity contribution is 0.0941. The van der Waals surface area contributed by atoms with E-state index in [-0.39, 0.29) is 5.91 Å². The SMILES string of the molecule is O=C(NCC1CC2CCC1C2)c1cccc(Br)c1. The Morgan fingerprint density at radius 1 is 1.33 bits per heavy atom. The van der Waals surface area contributed by atoms with E-state index in [1.807, 2.05) is 24.3 Å². The second-order valence-corrected chi connectivity index (χ2v) is 6.57. The highest BCUT2D eigenvalue weighted by Crippen LogP contribution is 2.47. The van der Waals surface area contributed by atoms with Crippen LogP contribution in [0.3, 0.4) is 0 Å². The second kappa shape index (κ2) is 5.04. The fourth-order valence-corrected chi connectivity index (χ4v) is 3.98. The third kappa shape index (κ3) is 2.46. The molecule has 0 radical (unpaired) electrons. The largest absolute Gasteiger partial charge is 0.352 e. The maximum absolute atomic E-state index is 12.0. The van der Waals surface area contributed by atoms with E-state index < -0.39 is 0 Å². The molecule has 2 fully saturated rings. The number of carbonyl (C=O) groups is 1. The highest BCUT2D eigenvalue weighted by atomic mass is 79.9. The van der Waals surface area contributed by atoms with Crippen LogP contribution in [0.1, 0.15) is 36.0 Å². The van der Waals surface area contributed by atoms with Crippen molar-refractivity contribution in [2.45, 2.75) is 25.7 Å². The van der Waals surface area contributed by atoms with E-state index in [1.54, 1.807) is 0 Å². The van der Waals surface area contributed by atoms with Gasteiger partial charge in [0.05, 0.1) is 0 Å². The summed E-state index contributed by atoms with van der Waals surface area (Å²) in [5.74, 6) is 2.60. The first kappa shape index (κ1) is 12.2. The maximum Gasteiger partial charge on any atom is 0.251 e. The number of benzene rings is 1. The molecule has 3 atom stereocenters. The topological polar surface area (TPSA) is 29.1 Å². The first-order valence-electron chi connectivity index (χ1n) is 6.76. The van der Waals surface area contributed by atoms with Crippen LogP contribution in [-0.2, 0) is 0 Å². The Balaban J connectivity index is 1.56. The Bertz CT molecular complexity index is 460. The van der Waals surface area contributed by atoms with E-state index in [0.29, 0.717) is 0 Å². The van der Waals surface area contributed by atoms with Crippen molar-refractivity contribution in [3.8, 4) is 0 Å². The zero-order valence-corrected chi connectivity index (χ0v) is 11.9. The minimum atomic E-state index is 0.0547. The maximum atomic E-state index is 12.0. The van der Waals surface area contributed by atoms with Crippen molar-refractivity contribution < 1.29 is 4.79 Å². The molecule has 2 aliphatic carbocycles. The average molecular weight is 308 g/mol. The molecule has 1 aromatic rings. The molecule has 0 spiro atoms. The molecule has 3 rings (SSSR count). The minimum absolute atomic E-state index is 0.0547. The smallest absolute Gasteiger partial charge is 0.251 e. The van der Waals surface area contributed by atoms with Gasteiger partial charge in [0.15, 0.2) is 0 Å². The number of hydrogen-bond acceptors (Lipinski definition) is 1. The monoisotopic (exact) mass is 307 g/mol. The zero-order valence-electron chi connectivity index (χ0n) is 10.4. The van der Waals surface area contributed by atoms with E-state index in [4.69, 9.17) is 0 Å². The third-order valence-corrected chi connectivity index (χ3v) is 4.99. The molecule has 3 unspecified atom stereocenters. The van der Waals surface area contributed by atoms with Crippen LogP contribution in [0.15, 0.2) is 28.7 Å². The lowest BCUT2D eigenvalue weighted by atomic mass is 9.89. The lowest BCUT2D eigenvalue weighted by Gasteiger charge is -2.21. The molecule has 96 valence electrons. The second-order valence-electron chi connectivity index (χ2n) is 5.66. The van der Waals surface area contributed by atoms with Crippen molar-refractivity contribution in [1.29, 1.82) is 0 Å². The molecular weight excluding hydrogens is 290 g/mol. The van der Waals surface area contributed by atoms with E-state index in [1.165, 1.54) is 25.7 Å². The Labute approximate surface area is 116 Å². The van der Waals surface area contributed by atoms with Crippen molar-refractivity contribution in [2.24, 2.45) is 17.8 Å². The van der Waals surface area contributed by atoms with Crippen molar-refractivity contribution in [1.82, 2.24) is 5.32 Å². The van der Waals surface area contributed by atoms with Crippen molar-refractivity contribution in [2.75, 3.05) is 6.54 Å². The summed E-state index contributed by atoms with van der Waals surface area (Å²) in [6.45, 7) is 0.854. The Kier molecular flexibility index (Phi) is 3.42. The number of nitrogens with one attached hydrogen (secondary N) is 1. The van der Waals surface area contributed by atoms with Gasteiger partial charge in [-0.2, -0.15) is 0 Å². The fraction of sp³-hybridized carbons (Fsp3) is 0.533. The summed E-state index contributed by atoms with van der Waals surface area (Å²) < 4.78 is 0.954. The normalized spacial score (nSPS) is 29.5. The van der Waals surface area contributed by atoms with Crippen LogP contribution in [-0.4, -0.2) is 12.5 Å². The molecule has 2 saturated carbocycles. The summed E-state index contributed by atoms with van der Waals surface area (Å²) >= 11 is 3.39. The predicted octanol–water partition coefficient (Wildman–Crippen LogP) is 3.62. The summed E-state index contributed by atoms with van der Waals surface area (Å²) in [6.07, 6.45) is 5.52. The van der Waals surface area contributed by atoms with Gasteiger partial charge in [-0.25, -0.2) is 0 Å². The highest BCUT2D eigenvalue weighted by molar-refractivity contribution is 9.10. The number of carbonyl (C=O) groups excluding carboxylic acids is 1. The highest BCUT2D eigenvalue weighted by Gasteiger charge is 2.39. The molecule has 0 aliphatic heterocycles. The molecule has 1 aromatic carbocycles. The molecule has 3 heteroatoms. The fourth-order valence-electron chi connectivity index (χ4n) is 3.58. The number of fused-ring (bicyclic) bond motifs is 2. The quantitative estimate of drug-likeness (QED) is 0.908. The summed E-state index contributed by atoms with van der Waals surface area (Å²) in [5, 5.41) is 3.09. The van der Waals surface area contributed by atoms with Gasteiger partial charge in [-0.3, -0.25) is 4.79 Å². The van der Waals surface area contributed by atoms with Gasteiger partial charge in [0, 0.05) is 16.6 Å². The molecular formula is C15H18BrNO. The van der Waals surface area contributed by atoms with Gasteiger partial charge in [0.1, 0.15) is 0 Å². The first-order valence-corrected chi connectivity index (χ1v) is 7.55. The number of amides is 1. The molecule has 0 aromatic heterocycles. The van der Waals surface area contributed by atoms with Gasteiger partial charge < -0.3 is 5.32 Å². The number of hydrogen-bond donors (Lipinski definition) is 1. The zero-order chi connectivity index (χ0) is 12.5. The van der Waals surface area contributed by atoms with Crippen LogP contribution in [0.25, 0.3) is 0 Å². The van der Waals surface area contributed by atoms with Gasteiger partial charge in [0.2, 0.25) is 0 Å². The summed E-state index contributed by atoms with van der Waals surface area (Å²) in [4.78, 5) is 12.0. The van der Waals surface area contributed by atoms with Crippen LogP contribution in [0.4, 0.5) is 0 Å². The first-order chi connectivity index (χ1) is 8.72. The summed E-state index contributed by atoms with van der Waals surface area (Å²) in [5.41, 5.74) is 0.743. The summed E-state index contributed by atoms with van der Waals surface area (Å²) in [7, 11) is 0. The molecule has 2 bridgehead atoms. The van der Waals surface area contributed by atoms with E-state index in [0.717, 1.165) is 34.3 Å². The minimum Gasteiger partial charge on any atom is -0.352 e. The molecule has 1 amide bonds. The van der Waals surface area contributed by atoms with Crippen LogP contribution in [0, 0.1) is 17.8 Å². The summed E-state index contributed by atoms with van der Waals surface area (Å²) in [6, 6.07) is 7.57. The van der Waals surface area contributed by atoms with Gasteiger partial charge in [-0.15, -0.1) is 0 Å². The van der Waals surface area contributed by atoms with Crippen LogP contribution in [0.2, 0.25) is 0 Å². The standard InChI is InChI=1S/C15H18BrNO/c16-14-3-1-2-12(8-14)15(18)17-9-13-7-10-4-5-11(13)6-10/h1-3,8,10-11,13H,4-7,9H2,(H,17,18). The number of rotatable bonds is 3. The Morgan fingerprint density at radius 3 is 2.89 bits per heavy atom. The predicted molar refractivity (Wildman–Crippen MR) is 75.4 cm³/mol. The van der Waals surface area contributed by atoms with Crippen LogP contribution in [0.5, 0.6) is 0 Å². The third-order valence-electron chi connectivity index (χ3n) is 4.50. The van der Waals surface area contributed by atoms with E-state index in [2.05, 4.69) is 21.2 Å². The van der Waals surface area contributed by atoms with Crippen LogP contribution >= 0.6 is 15.9 Å². The lowest BCUT2D eigenvalue weighted by Crippen LogP contribution is -2.31.